The lowest BCUT2D eigenvalue weighted by atomic mass is 10.1. The highest BCUT2D eigenvalue weighted by Crippen LogP contribution is 2.12. The van der Waals surface area contributed by atoms with E-state index in [0.717, 1.165) is 0 Å². The van der Waals surface area contributed by atoms with Gasteiger partial charge >= 0.3 is 0 Å². The van der Waals surface area contributed by atoms with Gasteiger partial charge in [-0.15, -0.1) is 0 Å². The maximum atomic E-state index is 2.71. The summed E-state index contributed by atoms with van der Waals surface area (Å²) in [5.41, 5.74) is 0. The maximum absolute atomic E-state index is 2.71. The van der Waals surface area contributed by atoms with E-state index in [9.17, 15) is 0 Å². The predicted octanol–water partition coefficient (Wildman–Crippen LogP) is 7.06. The second kappa shape index (κ2) is 17.4. The van der Waals surface area contributed by atoms with Crippen LogP contribution in [0.5, 0.6) is 0 Å². The summed E-state index contributed by atoms with van der Waals surface area (Å²) in [6.07, 6.45) is 10.9. The third-order valence-corrected chi connectivity index (χ3v) is 6.61. The van der Waals surface area contributed by atoms with Gasteiger partial charge in [0.05, 0.1) is 0 Å². The zero-order valence-corrected chi connectivity index (χ0v) is 22.7. The van der Waals surface area contributed by atoms with Crippen LogP contribution in [-0.2, 0) is 0 Å². The van der Waals surface area contributed by atoms with E-state index in [4.69, 9.17) is 0 Å². The van der Waals surface area contributed by atoms with E-state index in [2.05, 4.69) is 83.9 Å². The van der Waals surface area contributed by atoms with Crippen LogP contribution in [0.4, 0.5) is 0 Å². The molecule has 0 unspecified atom stereocenters. The molecule has 30 heavy (non-hydrogen) atoms. The van der Waals surface area contributed by atoms with Crippen molar-refractivity contribution in [1.82, 2.24) is 14.7 Å². The molecule has 0 aromatic heterocycles. The van der Waals surface area contributed by atoms with Crippen molar-refractivity contribution in [2.75, 3.05) is 26.2 Å². The number of rotatable bonds is 19. The summed E-state index contributed by atoms with van der Waals surface area (Å²) in [6.45, 7) is 28.4. The molecule has 0 heterocycles. The summed E-state index contributed by atoms with van der Waals surface area (Å²) in [7, 11) is 0. The summed E-state index contributed by atoms with van der Waals surface area (Å²) in [5.74, 6) is 0. The van der Waals surface area contributed by atoms with Gasteiger partial charge in [0.2, 0.25) is 0 Å². The molecule has 0 fully saturated rings. The van der Waals surface area contributed by atoms with Crippen molar-refractivity contribution in [3.8, 4) is 0 Å². The first-order valence-corrected chi connectivity index (χ1v) is 13.3. The van der Waals surface area contributed by atoms with Gasteiger partial charge < -0.3 is 4.90 Å². The Morgan fingerprint density at radius 3 is 0.833 bits per heavy atom. The maximum Gasteiger partial charge on any atom is 0.00412 e. The Hall–Kier alpha value is -0.120. The minimum Gasteiger partial charge on any atom is -0.301 e. The molecular formula is C27H59N3. The Morgan fingerprint density at radius 2 is 0.600 bits per heavy atom. The third-order valence-electron chi connectivity index (χ3n) is 6.61. The Kier molecular flexibility index (Phi) is 17.4. The van der Waals surface area contributed by atoms with Crippen LogP contribution >= 0.6 is 0 Å². The van der Waals surface area contributed by atoms with Crippen molar-refractivity contribution in [2.45, 2.75) is 151 Å². The average molecular weight is 426 g/mol. The van der Waals surface area contributed by atoms with Gasteiger partial charge in [-0.25, -0.2) is 0 Å². The van der Waals surface area contributed by atoms with Crippen LogP contribution in [0.15, 0.2) is 0 Å². The van der Waals surface area contributed by atoms with Crippen LogP contribution in [-0.4, -0.2) is 71.1 Å². The summed E-state index contributed by atoms with van der Waals surface area (Å²) in [6, 6.07) is 3.35. The molecule has 0 aromatic rings. The highest BCUT2D eigenvalue weighted by atomic mass is 15.2. The van der Waals surface area contributed by atoms with Gasteiger partial charge in [0.1, 0.15) is 0 Å². The molecule has 0 atom stereocenters. The Labute approximate surface area is 192 Å². The van der Waals surface area contributed by atoms with Crippen molar-refractivity contribution in [1.29, 1.82) is 0 Å². The van der Waals surface area contributed by atoms with Crippen molar-refractivity contribution < 1.29 is 0 Å². The molecule has 0 N–H and O–H groups in total. The summed E-state index contributed by atoms with van der Waals surface area (Å²) in [4.78, 5) is 7.97. The Morgan fingerprint density at radius 1 is 0.333 bits per heavy atom. The number of hydrogen-bond donors (Lipinski definition) is 0. The summed E-state index contributed by atoms with van der Waals surface area (Å²) in [5, 5.41) is 0. The first-order chi connectivity index (χ1) is 14.1. The van der Waals surface area contributed by atoms with Gasteiger partial charge in [-0.2, -0.15) is 0 Å². The van der Waals surface area contributed by atoms with E-state index in [1.165, 1.54) is 77.5 Å². The lowest BCUT2D eigenvalue weighted by Gasteiger charge is -2.30. The smallest absolute Gasteiger partial charge is 0.00412 e. The zero-order chi connectivity index (χ0) is 23.1. The molecule has 3 heteroatoms. The molecule has 0 amide bonds. The van der Waals surface area contributed by atoms with Gasteiger partial charge in [0.15, 0.2) is 0 Å². The fraction of sp³-hybridized carbons (Fsp3) is 1.00. The molecule has 3 nitrogen and oxygen atoms in total. The minimum atomic E-state index is 0.667. The minimum absolute atomic E-state index is 0.667. The van der Waals surface area contributed by atoms with Crippen molar-refractivity contribution in [3.05, 3.63) is 0 Å². The standard InChI is InChI=1S/C27H59N3/c1-23(2)28(19-15-11-13-17-21-29(24(3)4)25(5)6)20-16-12-14-18-22-30(26(7)8)27(9)10/h23-27H,11-22H2,1-10H3. The fourth-order valence-electron chi connectivity index (χ4n) is 4.78. The molecular weight excluding hydrogens is 366 g/mol. The molecule has 0 saturated carbocycles. The first kappa shape index (κ1) is 29.9. The highest BCUT2D eigenvalue weighted by Gasteiger charge is 2.14. The lowest BCUT2D eigenvalue weighted by Crippen LogP contribution is -2.37. The largest absolute Gasteiger partial charge is 0.301 e. The number of unbranched alkanes of at least 4 members (excludes halogenated alkanes) is 6. The first-order valence-electron chi connectivity index (χ1n) is 13.3. The SMILES string of the molecule is CC(C)N(CCCCCCN(C(C)C)C(C)C)CCCCCCN(C(C)C)C(C)C. The zero-order valence-electron chi connectivity index (χ0n) is 22.7. The molecule has 0 radical (unpaired) electrons. The van der Waals surface area contributed by atoms with Gasteiger partial charge in [0, 0.05) is 30.2 Å². The molecule has 0 spiro atoms. The van der Waals surface area contributed by atoms with Crippen LogP contribution in [0.25, 0.3) is 0 Å². The highest BCUT2D eigenvalue weighted by molar-refractivity contribution is 4.69. The van der Waals surface area contributed by atoms with Crippen LogP contribution in [0.1, 0.15) is 121 Å². The van der Waals surface area contributed by atoms with E-state index in [0.29, 0.717) is 30.2 Å². The molecule has 0 saturated heterocycles. The second-order valence-electron chi connectivity index (χ2n) is 10.8. The van der Waals surface area contributed by atoms with E-state index >= 15 is 0 Å². The molecule has 182 valence electrons. The number of nitrogens with zero attached hydrogens (tertiary/aromatic N) is 3. The van der Waals surface area contributed by atoms with Crippen molar-refractivity contribution in [2.24, 2.45) is 0 Å². The molecule has 0 aliphatic carbocycles. The van der Waals surface area contributed by atoms with Gasteiger partial charge in [-0.05, 0) is 121 Å². The van der Waals surface area contributed by atoms with Crippen LogP contribution in [0.2, 0.25) is 0 Å². The second-order valence-corrected chi connectivity index (χ2v) is 10.8. The third kappa shape index (κ3) is 14.0. The molecule has 0 aromatic carbocycles. The van der Waals surface area contributed by atoms with Crippen molar-refractivity contribution in [3.63, 3.8) is 0 Å². The van der Waals surface area contributed by atoms with Crippen LogP contribution < -0.4 is 0 Å². The molecule has 0 bridgehead atoms. The van der Waals surface area contributed by atoms with E-state index in [1.54, 1.807) is 0 Å². The van der Waals surface area contributed by atoms with Crippen LogP contribution in [0, 0.1) is 0 Å². The Bertz CT molecular complexity index is 328. The fourth-order valence-corrected chi connectivity index (χ4v) is 4.78. The molecule has 0 aliphatic rings. The normalized spacial score (nSPS) is 13.0. The van der Waals surface area contributed by atoms with Gasteiger partial charge in [-0.1, -0.05) is 25.7 Å². The van der Waals surface area contributed by atoms with E-state index < -0.39 is 0 Å². The van der Waals surface area contributed by atoms with Crippen LogP contribution in [0.3, 0.4) is 0 Å². The van der Waals surface area contributed by atoms with Crippen molar-refractivity contribution >= 4 is 0 Å². The summed E-state index contributed by atoms with van der Waals surface area (Å²) >= 11 is 0. The van der Waals surface area contributed by atoms with E-state index in [1.807, 2.05) is 0 Å². The lowest BCUT2D eigenvalue weighted by molar-refractivity contribution is 0.169. The monoisotopic (exact) mass is 425 g/mol. The average Bonchev–Trinajstić information content (AvgIpc) is 2.63. The van der Waals surface area contributed by atoms with E-state index in [-0.39, 0.29) is 0 Å². The Balaban J connectivity index is 3.91. The number of hydrogen-bond acceptors (Lipinski definition) is 3. The summed E-state index contributed by atoms with van der Waals surface area (Å²) < 4.78 is 0. The van der Waals surface area contributed by atoms with Gasteiger partial charge in [0.25, 0.3) is 0 Å². The molecule has 0 rings (SSSR count). The molecule has 0 aliphatic heterocycles. The quantitative estimate of drug-likeness (QED) is 0.205. The van der Waals surface area contributed by atoms with Gasteiger partial charge in [-0.3, -0.25) is 9.80 Å². The predicted molar refractivity (Wildman–Crippen MR) is 138 cm³/mol. The topological polar surface area (TPSA) is 9.72 Å².